The Morgan fingerprint density at radius 1 is 1.17 bits per heavy atom. The summed E-state index contributed by atoms with van der Waals surface area (Å²) in [5.74, 6) is 0.126. The lowest BCUT2D eigenvalue weighted by Gasteiger charge is -2.20. The number of aryl methyl sites for hydroxylation is 2. The van der Waals surface area contributed by atoms with Crippen LogP contribution in [0.15, 0.2) is 58.5 Å². The van der Waals surface area contributed by atoms with Gasteiger partial charge in [0, 0.05) is 0 Å². The van der Waals surface area contributed by atoms with Gasteiger partial charge in [-0.25, -0.2) is 9.89 Å². The zero-order valence-corrected chi connectivity index (χ0v) is 17.9. The van der Waals surface area contributed by atoms with Crippen molar-refractivity contribution in [3.63, 3.8) is 0 Å². The molecule has 2 aromatic carbocycles. The molecule has 0 spiro atoms. The lowest BCUT2D eigenvalue weighted by Crippen LogP contribution is -2.28. The van der Waals surface area contributed by atoms with Crippen LogP contribution >= 0.6 is 11.8 Å². The van der Waals surface area contributed by atoms with E-state index in [1.807, 2.05) is 37.3 Å². The fourth-order valence-corrected chi connectivity index (χ4v) is 4.60. The van der Waals surface area contributed by atoms with Crippen molar-refractivity contribution in [3.8, 4) is 0 Å². The zero-order chi connectivity index (χ0) is 20.9. The molecule has 1 aromatic heterocycles. The molecule has 1 aliphatic rings. The second-order valence-corrected chi connectivity index (χ2v) is 8.64. The Morgan fingerprint density at radius 3 is 2.73 bits per heavy atom. The summed E-state index contributed by atoms with van der Waals surface area (Å²) in [4.78, 5) is 24.6. The predicted octanol–water partition coefficient (Wildman–Crippen LogP) is 3.47. The summed E-state index contributed by atoms with van der Waals surface area (Å²) >= 11 is 1.26. The fraction of sp³-hybridized carbons (Fsp3) is 0.348. The van der Waals surface area contributed by atoms with Crippen LogP contribution in [-0.4, -0.2) is 26.4 Å². The van der Waals surface area contributed by atoms with E-state index >= 15 is 0 Å². The predicted molar refractivity (Wildman–Crippen MR) is 119 cm³/mol. The molecule has 7 heteroatoms. The largest absolute Gasteiger partial charge is 0.349 e. The first kappa shape index (κ1) is 20.5. The van der Waals surface area contributed by atoms with Crippen LogP contribution in [-0.2, 0) is 24.2 Å². The van der Waals surface area contributed by atoms with E-state index in [9.17, 15) is 9.59 Å². The van der Waals surface area contributed by atoms with Gasteiger partial charge in [0.25, 0.3) is 0 Å². The second kappa shape index (κ2) is 9.34. The van der Waals surface area contributed by atoms with Gasteiger partial charge < -0.3 is 5.32 Å². The van der Waals surface area contributed by atoms with Crippen molar-refractivity contribution >= 4 is 17.7 Å². The summed E-state index contributed by atoms with van der Waals surface area (Å²) in [5, 5.41) is 10.1. The highest BCUT2D eigenvalue weighted by Crippen LogP contribution is 2.25. The van der Waals surface area contributed by atoms with Gasteiger partial charge >= 0.3 is 5.69 Å². The van der Waals surface area contributed by atoms with E-state index in [-0.39, 0.29) is 23.4 Å². The average molecular weight is 423 g/mol. The van der Waals surface area contributed by atoms with E-state index < -0.39 is 0 Å². The highest BCUT2D eigenvalue weighted by atomic mass is 32.2. The second-order valence-electron chi connectivity index (χ2n) is 7.70. The molecule has 156 valence electrons. The molecule has 0 aliphatic heterocycles. The van der Waals surface area contributed by atoms with Crippen molar-refractivity contribution < 1.29 is 4.79 Å². The maximum Gasteiger partial charge on any atom is 0.344 e. The van der Waals surface area contributed by atoms with Gasteiger partial charge in [0.2, 0.25) is 5.91 Å². The van der Waals surface area contributed by atoms with Crippen molar-refractivity contribution in [1.82, 2.24) is 20.1 Å². The van der Waals surface area contributed by atoms with Crippen molar-refractivity contribution in [1.29, 1.82) is 0 Å². The van der Waals surface area contributed by atoms with Crippen molar-refractivity contribution in [3.05, 3.63) is 81.3 Å². The molecule has 1 amide bonds. The van der Waals surface area contributed by atoms with Crippen molar-refractivity contribution in [2.45, 2.75) is 50.4 Å². The van der Waals surface area contributed by atoms with Gasteiger partial charge in [0.15, 0.2) is 5.16 Å². The Bertz CT molecular complexity index is 1070. The number of aromatic amines is 1. The Balaban J connectivity index is 1.36. The van der Waals surface area contributed by atoms with Gasteiger partial charge in [-0.3, -0.25) is 9.36 Å². The van der Waals surface area contributed by atoms with Crippen LogP contribution in [0.2, 0.25) is 0 Å². The van der Waals surface area contributed by atoms with Crippen LogP contribution in [0.4, 0.5) is 0 Å². The van der Waals surface area contributed by atoms with Crippen LogP contribution in [0, 0.1) is 0 Å². The summed E-state index contributed by atoms with van der Waals surface area (Å²) in [7, 11) is 0. The number of rotatable bonds is 7. The molecule has 0 fully saturated rings. The van der Waals surface area contributed by atoms with Gasteiger partial charge in [0.1, 0.15) is 0 Å². The first-order chi connectivity index (χ1) is 14.6. The number of fused-ring (bicyclic) bond motifs is 1. The van der Waals surface area contributed by atoms with E-state index in [1.165, 1.54) is 35.7 Å². The quantitative estimate of drug-likeness (QED) is 0.572. The molecule has 4 rings (SSSR count). The van der Waals surface area contributed by atoms with Gasteiger partial charge in [-0.15, -0.1) is 5.10 Å². The summed E-state index contributed by atoms with van der Waals surface area (Å²) in [6.07, 6.45) is 4.78. The van der Waals surface area contributed by atoms with Crippen LogP contribution < -0.4 is 11.0 Å². The van der Waals surface area contributed by atoms with Crippen LogP contribution in [0.25, 0.3) is 0 Å². The molecule has 0 saturated heterocycles. The van der Waals surface area contributed by atoms with Gasteiger partial charge in [-0.05, 0) is 54.9 Å². The number of benzene rings is 2. The van der Waals surface area contributed by atoms with E-state index in [4.69, 9.17) is 0 Å². The number of amides is 1. The number of carbonyl (C=O) groups is 1. The molecule has 6 nitrogen and oxygen atoms in total. The van der Waals surface area contributed by atoms with Crippen LogP contribution in [0.3, 0.4) is 0 Å². The third kappa shape index (κ3) is 4.84. The molecular weight excluding hydrogens is 396 g/mol. The normalized spacial score (nSPS) is 14.2. The van der Waals surface area contributed by atoms with Gasteiger partial charge in [-0.1, -0.05) is 60.3 Å². The molecule has 30 heavy (non-hydrogen) atoms. The minimum absolute atomic E-state index is 0.0592. The molecule has 0 saturated carbocycles. The number of aromatic nitrogens is 3. The monoisotopic (exact) mass is 422 g/mol. The average Bonchev–Trinajstić information content (AvgIpc) is 3.12. The third-order valence-corrected chi connectivity index (χ3v) is 6.47. The molecule has 1 aliphatic carbocycles. The van der Waals surface area contributed by atoms with Crippen molar-refractivity contribution in [2.75, 3.05) is 5.75 Å². The molecule has 1 heterocycles. The number of carbonyl (C=O) groups excluding carboxylic acids is 1. The van der Waals surface area contributed by atoms with Gasteiger partial charge in [-0.2, -0.15) is 0 Å². The highest BCUT2D eigenvalue weighted by molar-refractivity contribution is 7.99. The number of nitrogens with one attached hydrogen (secondary N) is 2. The molecule has 1 unspecified atom stereocenters. The minimum Gasteiger partial charge on any atom is -0.349 e. The highest BCUT2D eigenvalue weighted by Gasteiger charge is 2.16. The van der Waals surface area contributed by atoms with E-state index in [2.05, 4.69) is 33.7 Å². The molecule has 0 bridgehead atoms. The number of hydrogen-bond acceptors (Lipinski definition) is 4. The van der Waals surface area contributed by atoms with Gasteiger partial charge in [0.05, 0.1) is 18.3 Å². The molecule has 2 N–H and O–H groups in total. The topological polar surface area (TPSA) is 79.8 Å². The zero-order valence-electron chi connectivity index (χ0n) is 17.1. The maximum absolute atomic E-state index is 12.5. The van der Waals surface area contributed by atoms with Crippen LogP contribution in [0.5, 0.6) is 0 Å². The third-order valence-electron chi connectivity index (χ3n) is 5.49. The first-order valence-electron chi connectivity index (χ1n) is 10.3. The molecule has 1 atom stereocenters. The van der Waals surface area contributed by atoms with Crippen molar-refractivity contribution in [2.24, 2.45) is 0 Å². The van der Waals surface area contributed by atoms with E-state index in [0.29, 0.717) is 11.7 Å². The van der Waals surface area contributed by atoms with E-state index in [0.717, 1.165) is 24.0 Å². The first-order valence-corrected chi connectivity index (χ1v) is 11.3. The van der Waals surface area contributed by atoms with Crippen LogP contribution in [0.1, 0.15) is 48.1 Å². The summed E-state index contributed by atoms with van der Waals surface area (Å²) in [5.41, 5.74) is 4.72. The Labute approximate surface area is 180 Å². The SMILES string of the molecule is CC(NC(=O)CSc1n[nH]c(=O)n1Cc1ccccc1)c1ccc2c(c1)CCCC2. The number of H-pyrrole nitrogens is 1. The minimum atomic E-state index is -0.274. The Morgan fingerprint density at radius 2 is 1.93 bits per heavy atom. The number of thioether (sulfide) groups is 1. The molecule has 3 aromatic rings. The smallest absolute Gasteiger partial charge is 0.344 e. The summed E-state index contributed by atoms with van der Waals surface area (Å²) < 4.78 is 1.56. The molecule has 0 radical (unpaired) electrons. The molecular formula is C23H26N4O2S. The number of nitrogens with zero attached hydrogens (tertiary/aromatic N) is 2. The Hall–Kier alpha value is -2.80. The lowest BCUT2D eigenvalue weighted by molar-refractivity contribution is -0.119. The Kier molecular flexibility index (Phi) is 6.38. The fourth-order valence-electron chi connectivity index (χ4n) is 3.84. The standard InChI is InChI=1S/C23H26N4O2S/c1-16(19-12-11-18-9-5-6-10-20(18)13-19)24-21(28)15-30-23-26-25-22(29)27(23)14-17-7-3-2-4-8-17/h2-4,7-8,11-13,16H,5-6,9-10,14-15H2,1H3,(H,24,28)(H,25,29). The summed E-state index contributed by atoms with van der Waals surface area (Å²) in [6.45, 7) is 2.43. The number of hydrogen-bond donors (Lipinski definition) is 2. The lowest BCUT2D eigenvalue weighted by atomic mass is 9.89. The van der Waals surface area contributed by atoms with E-state index in [1.54, 1.807) is 4.57 Å². The summed E-state index contributed by atoms with van der Waals surface area (Å²) in [6, 6.07) is 16.2. The maximum atomic E-state index is 12.5.